The van der Waals surface area contributed by atoms with E-state index >= 15 is 0 Å². The van der Waals surface area contributed by atoms with E-state index in [4.69, 9.17) is 4.74 Å². The van der Waals surface area contributed by atoms with Crippen LogP contribution in [0.5, 0.6) is 23.3 Å². The molecule has 186 valence electrons. The van der Waals surface area contributed by atoms with Crippen molar-refractivity contribution >= 4 is 5.91 Å². The maximum Gasteiger partial charge on any atom is 0.322 e. The third-order valence-corrected chi connectivity index (χ3v) is 6.23. The number of phenols is 2. The number of piperazine rings is 1. The second-order valence-electron chi connectivity index (χ2n) is 9.06. The summed E-state index contributed by atoms with van der Waals surface area (Å²) in [6, 6.07) is 8.75. The highest BCUT2D eigenvalue weighted by Crippen LogP contribution is 2.38. The molecule has 1 aliphatic heterocycles. The summed E-state index contributed by atoms with van der Waals surface area (Å²) in [6.07, 6.45) is 0. The Labute approximate surface area is 204 Å². The summed E-state index contributed by atoms with van der Waals surface area (Å²) >= 11 is 0. The first-order chi connectivity index (χ1) is 16.7. The molecule has 3 aromatic rings. The fraction of sp³-hybridized carbons (Fsp3) is 0.400. The molecule has 0 saturated carbocycles. The first-order valence-electron chi connectivity index (χ1n) is 11.6. The van der Waals surface area contributed by atoms with Crippen molar-refractivity contribution in [3.05, 3.63) is 47.5 Å². The number of likely N-dealkylation sites (N-methyl/N-ethyl adjacent to an activating group) is 1. The predicted octanol–water partition coefficient (Wildman–Crippen LogP) is 2.50. The second kappa shape index (κ2) is 10.3. The Morgan fingerprint density at radius 2 is 1.69 bits per heavy atom. The summed E-state index contributed by atoms with van der Waals surface area (Å²) in [6.45, 7) is 9.30. The van der Waals surface area contributed by atoms with E-state index in [9.17, 15) is 20.1 Å². The van der Waals surface area contributed by atoms with Gasteiger partial charge in [0.2, 0.25) is 0 Å². The zero-order valence-electron chi connectivity index (χ0n) is 20.2. The minimum atomic E-state index is -0.601. The van der Waals surface area contributed by atoms with E-state index in [0.717, 1.165) is 37.3 Å². The molecule has 35 heavy (non-hydrogen) atoms. The number of carbonyl (C=O) groups excluding carboxylic acids is 1. The quantitative estimate of drug-likeness (QED) is 0.467. The average molecular weight is 482 g/mol. The Morgan fingerprint density at radius 1 is 1.00 bits per heavy atom. The molecule has 0 atom stereocenters. The third kappa shape index (κ3) is 5.39. The van der Waals surface area contributed by atoms with E-state index in [0.29, 0.717) is 17.9 Å². The number of hydrogen-bond acceptors (Lipinski definition) is 9. The number of benzene rings is 2. The number of hydrogen-bond donors (Lipinski definition) is 3. The lowest BCUT2D eigenvalue weighted by atomic mass is 9.98. The molecule has 3 N–H and O–H groups in total. The molecule has 0 aliphatic carbocycles. The highest BCUT2D eigenvalue weighted by Gasteiger charge is 2.24. The number of aromatic hydroxyl groups is 3. The lowest BCUT2D eigenvalue weighted by Gasteiger charge is -2.32. The zero-order valence-corrected chi connectivity index (χ0v) is 20.2. The molecule has 10 nitrogen and oxygen atoms in total. The number of phenolic OH excluding ortho intramolecular Hbond substituents is 2. The van der Waals surface area contributed by atoms with Crippen molar-refractivity contribution in [3.8, 4) is 34.6 Å². The molecule has 1 aromatic heterocycles. The van der Waals surface area contributed by atoms with Crippen LogP contribution in [0.2, 0.25) is 0 Å². The van der Waals surface area contributed by atoms with Gasteiger partial charge in [0.25, 0.3) is 5.91 Å². The van der Waals surface area contributed by atoms with Gasteiger partial charge in [-0.25, -0.2) is 4.57 Å². The minimum absolute atomic E-state index is 0.0283. The van der Waals surface area contributed by atoms with Gasteiger partial charge in [-0.05, 0) is 48.9 Å². The Balaban J connectivity index is 1.49. The van der Waals surface area contributed by atoms with Crippen molar-refractivity contribution in [3.63, 3.8) is 0 Å². The number of ether oxygens (including phenoxy) is 1. The summed E-state index contributed by atoms with van der Waals surface area (Å²) < 4.78 is 6.77. The van der Waals surface area contributed by atoms with Crippen molar-refractivity contribution in [2.45, 2.75) is 19.8 Å². The van der Waals surface area contributed by atoms with Gasteiger partial charge in [-0.1, -0.05) is 18.9 Å². The average Bonchev–Trinajstić information content (AvgIpc) is 3.21. The van der Waals surface area contributed by atoms with Crippen molar-refractivity contribution < 1.29 is 24.9 Å². The summed E-state index contributed by atoms with van der Waals surface area (Å²) in [7, 11) is 2.12. The van der Waals surface area contributed by atoms with Crippen molar-refractivity contribution in [2.24, 2.45) is 0 Å². The Hall–Kier alpha value is -3.63. The van der Waals surface area contributed by atoms with Crippen LogP contribution in [0.1, 0.15) is 35.7 Å². The molecule has 4 rings (SSSR count). The molecule has 0 unspecified atom stereocenters. The number of carbonyl (C=O) groups is 1. The van der Waals surface area contributed by atoms with Crippen LogP contribution < -0.4 is 4.74 Å². The van der Waals surface area contributed by atoms with Crippen LogP contribution in [0.3, 0.4) is 0 Å². The standard InChI is InChI=1S/C25H31N5O5/c1-16(2)19-14-20(22(32)15-21(19)31)23-26-27-25(34)30(23)24(33)17-4-6-18(7-5-17)35-13-12-29-10-8-28(3)9-11-29/h4-7,14-16,31-32H,8-13H2,1-3H3,(H,27,34). The smallest absolute Gasteiger partial charge is 0.322 e. The third-order valence-electron chi connectivity index (χ3n) is 6.23. The SMILES string of the molecule is CC(C)c1cc(-c2nnc(O)n2C(=O)c2ccc(OCCN3CCN(C)CC3)cc2)c(O)cc1O. The molecule has 0 amide bonds. The van der Waals surface area contributed by atoms with E-state index < -0.39 is 11.9 Å². The first kappa shape index (κ1) is 24.5. The summed E-state index contributed by atoms with van der Waals surface area (Å²) in [5, 5.41) is 38.3. The highest BCUT2D eigenvalue weighted by molar-refractivity contribution is 5.99. The topological polar surface area (TPSA) is 124 Å². The minimum Gasteiger partial charge on any atom is -0.508 e. The zero-order chi connectivity index (χ0) is 25.1. The molecular formula is C25H31N5O5. The fourth-order valence-corrected chi connectivity index (χ4v) is 4.06. The number of rotatable bonds is 7. The highest BCUT2D eigenvalue weighted by atomic mass is 16.5. The summed E-state index contributed by atoms with van der Waals surface area (Å²) in [4.78, 5) is 17.9. The molecule has 0 bridgehead atoms. The maximum absolute atomic E-state index is 13.2. The maximum atomic E-state index is 13.2. The van der Waals surface area contributed by atoms with Crippen molar-refractivity contribution in [2.75, 3.05) is 46.4 Å². The Morgan fingerprint density at radius 3 is 2.34 bits per heavy atom. The van der Waals surface area contributed by atoms with Crippen LogP contribution in [0.15, 0.2) is 36.4 Å². The number of aromatic nitrogens is 3. The van der Waals surface area contributed by atoms with Gasteiger partial charge in [0.05, 0.1) is 5.56 Å². The molecule has 1 saturated heterocycles. The summed E-state index contributed by atoms with van der Waals surface area (Å²) in [5.74, 6) is -0.339. The van der Waals surface area contributed by atoms with Crippen LogP contribution in [-0.4, -0.2) is 92.2 Å². The molecule has 10 heteroatoms. The van der Waals surface area contributed by atoms with E-state index in [1.54, 1.807) is 30.3 Å². The van der Waals surface area contributed by atoms with Crippen LogP contribution in [0.4, 0.5) is 0 Å². The van der Waals surface area contributed by atoms with E-state index in [-0.39, 0.29) is 34.4 Å². The van der Waals surface area contributed by atoms with E-state index in [1.165, 1.54) is 6.07 Å². The largest absolute Gasteiger partial charge is 0.508 e. The van der Waals surface area contributed by atoms with Gasteiger partial charge >= 0.3 is 6.01 Å². The lowest BCUT2D eigenvalue weighted by molar-refractivity contribution is 0.0952. The normalized spacial score (nSPS) is 15.0. The van der Waals surface area contributed by atoms with Crippen LogP contribution in [0.25, 0.3) is 11.4 Å². The fourth-order valence-electron chi connectivity index (χ4n) is 4.06. The van der Waals surface area contributed by atoms with Crippen LogP contribution >= 0.6 is 0 Å². The van der Waals surface area contributed by atoms with Crippen LogP contribution in [0, 0.1) is 0 Å². The van der Waals surface area contributed by atoms with E-state index in [1.807, 2.05) is 13.8 Å². The molecular weight excluding hydrogens is 450 g/mol. The second-order valence-corrected chi connectivity index (χ2v) is 9.06. The predicted molar refractivity (Wildman–Crippen MR) is 130 cm³/mol. The van der Waals surface area contributed by atoms with E-state index in [2.05, 4.69) is 27.0 Å². The molecule has 0 spiro atoms. The number of nitrogens with zero attached hydrogens (tertiary/aromatic N) is 5. The monoisotopic (exact) mass is 481 g/mol. The van der Waals surface area contributed by atoms with Gasteiger partial charge in [-0.3, -0.25) is 9.69 Å². The first-order valence-corrected chi connectivity index (χ1v) is 11.6. The lowest BCUT2D eigenvalue weighted by Crippen LogP contribution is -2.45. The van der Waals surface area contributed by atoms with Gasteiger partial charge in [0, 0.05) is 44.4 Å². The molecule has 0 radical (unpaired) electrons. The van der Waals surface area contributed by atoms with Gasteiger partial charge in [0.1, 0.15) is 23.9 Å². The molecule has 2 heterocycles. The van der Waals surface area contributed by atoms with Gasteiger partial charge in [-0.2, -0.15) is 0 Å². The van der Waals surface area contributed by atoms with Crippen molar-refractivity contribution in [1.29, 1.82) is 0 Å². The van der Waals surface area contributed by atoms with Crippen molar-refractivity contribution in [1.82, 2.24) is 24.6 Å². The molecule has 1 fully saturated rings. The Bertz CT molecular complexity index is 1180. The van der Waals surface area contributed by atoms with Crippen LogP contribution in [-0.2, 0) is 0 Å². The molecule has 1 aliphatic rings. The van der Waals surface area contributed by atoms with Gasteiger partial charge in [-0.15, -0.1) is 5.10 Å². The molecule has 2 aromatic carbocycles. The summed E-state index contributed by atoms with van der Waals surface area (Å²) in [5.41, 5.74) is 1.03. The van der Waals surface area contributed by atoms with Gasteiger partial charge in [0.15, 0.2) is 5.82 Å². The Kier molecular flexibility index (Phi) is 7.23. The van der Waals surface area contributed by atoms with Gasteiger partial charge < -0.3 is 25.0 Å².